The smallest absolute Gasteiger partial charge is 0.284 e. The molecule has 2 N–H and O–H groups in total. The Morgan fingerprint density at radius 1 is 0.908 bits per heavy atom. The van der Waals surface area contributed by atoms with Crippen LogP contribution in [0.1, 0.15) is 104 Å². The van der Waals surface area contributed by atoms with Crippen LogP contribution in [-0.2, 0) is 20.9 Å². The Hall–Kier alpha value is -6.08. The molecule has 4 fully saturated rings. The molecular weight excluding hydrogens is 837 g/mol. The first-order valence-corrected chi connectivity index (χ1v) is 23.0. The zero-order valence-corrected chi connectivity index (χ0v) is 36.8. The molecule has 1 atom stereocenters. The standard InChI is InChI=1S/C46H55F2N13O4/c1-28-41-34(4-3-5-37(41)61(54-28)38-10-11-40(62)53-46(38)64)31-22-49-58(26-31)25-30-12-17-56(18-13-30)24-29-6-8-32(9-7-29)60-27-36(42(55-60)43(47)48)51-45(63)35-23-50-59-21-16-39(52-44(35)59)57-19-14-33(65-2)15-20-57/h3-5,16,21-23,26-27,29-30,32-33,38,43H,6-15,17-20,24-25H2,1-2H3,(H,51,63)(H,53,62,64). The van der Waals surface area contributed by atoms with Crippen LogP contribution in [0.4, 0.5) is 20.3 Å². The number of methoxy groups -OCH3 is 1. The van der Waals surface area contributed by atoms with Gasteiger partial charge in [-0.1, -0.05) is 12.1 Å². The first kappa shape index (κ1) is 42.8. The number of anilines is 2. The van der Waals surface area contributed by atoms with Crippen molar-refractivity contribution in [1.82, 2.24) is 54.2 Å². The Kier molecular flexibility index (Phi) is 11.9. The van der Waals surface area contributed by atoms with Gasteiger partial charge in [0.1, 0.15) is 17.4 Å². The molecule has 10 rings (SSSR count). The summed E-state index contributed by atoms with van der Waals surface area (Å²) in [5.74, 6) is 0.628. The zero-order chi connectivity index (χ0) is 44.8. The van der Waals surface area contributed by atoms with E-state index in [1.54, 1.807) is 28.9 Å². The van der Waals surface area contributed by atoms with Gasteiger partial charge in [-0.3, -0.25) is 33.7 Å². The number of amides is 3. The van der Waals surface area contributed by atoms with Crippen LogP contribution in [0.5, 0.6) is 0 Å². The second-order valence-corrected chi connectivity index (χ2v) is 18.3. The molecule has 65 heavy (non-hydrogen) atoms. The van der Waals surface area contributed by atoms with Gasteiger partial charge in [-0.25, -0.2) is 18.3 Å². The van der Waals surface area contributed by atoms with Gasteiger partial charge in [0, 0.05) is 69.2 Å². The molecular formula is C46H55F2N13O4. The minimum Gasteiger partial charge on any atom is -0.381 e. The van der Waals surface area contributed by atoms with E-state index in [1.165, 1.54) is 10.7 Å². The lowest BCUT2D eigenvalue weighted by Crippen LogP contribution is -2.42. The van der Waals surface area contributed by atoms with Gasteiger partial charge in [0.15, 0.2) is 11.3 Å². The van der Waals surface area contributed by atoms with Gasteiger partial charge < -0.3 is 19.9 Å². The van der Waals surface area contributed by atoms with Gasteiger partial charge in [0.25, 0.3) is 18.2 Å². The summed E-state index contributed by atoms with van der Waals surface area (Å²) in [6, 6.07) is 7.33. The minimum atomic E-state index is -2.85. The third-order valence-electron chi connectivity index (χ3n) is 14.1. The summed E-state index contributed by atoms with van der Waals surface area (Å²) < 4.78 is 41.1. The van der Waals surface area contributed by atoms with E-state index >= 15 is 0 Å². The fourth-order valence-corrected chi connectivity index (χ4v) is 10.5. The van der Waals surface area contributed by atoms with Crippen molar-refractivity contribution in [3.8, 4) is 11.1 Å². The predicted octanol–water partition coefficient (Wildman–Crippen LogP) is 6.37. The molecule has 1 saturated carbocycles. The first-order chi connectivity index (χ1) is 31.6. The predicted molar refractivity (Wildman–Crippen MR) is 238 cm³/mol. The molecule has 8 heterocycles. The summed E-state index contributed by atoms with van der Waals surface area (Å²) in [5, 5.41) is 24.3. The second-order valence-electron chi connectivity index (χ2n) is 18.3. The van der Waals surface area contributed by atoms with Crippen molar-refractivity contribution < 1.29 is 27.9 Å². The van der Waals surface area contributed by atoms with Crippen LogP contribution >= 0.6 is 0 Å². The molecule has 3 aliphatic heterocycles. The summed E-state index contributed by atoms with van der Waals surface area (Å²) in [4.78, 5) is 47.5. The van der Waals surface area contributed by atoms with Gasteiger partial charge in [0.2, 0.25) is 5.91 Å². The number of alkyl halides is 2. The largest absolute Gasteiger partial charge is 0.381 e. The topological polar surface area (TPSA) is 175 Å². The van der Waals surface area contributed by atoms with E-state index in [9.17, 15) is 23.2 Å². The molecule has 1 aromatic carbocycles. The molecule has 0 spiro atoms. The quantitative estimate of drug-likeness (QED) is 0.131. The molecule has 19 heteroatoms. The lowest BCUT2D eigenvalue weighted by atomic mass is 9.85. The monoisotopic (exact) mass is 891 g/mol. The normalized spacial score (nSPS) is 21.8. The number of hydrogen-bond donors (Lipinski definition) is 2. The Balaban J connectivity index is 0.712. The number of nitrogens with zero attached hydrogens (tertiary/aromatic N) is 11. The van der Waals surface area contributed by atoms with Gasteiger partial charge >= 0.3 is 0 Å². The number of benzene rings is 1. The summed E-state index contributed by atoms with van der Waals surface area (Å²) in [5.41, 5.74) is 3.83. The average molecular weight is 892 g/mol. The number of imide groups is 1. The van der Waals surface area contributed by atoms with Crippen LogP contribution < -0.4 is 15.5 Å². The summed E-state index contributed by atoms with van der Waals surface area (Å²) in [6.07, 6.45) is 14.3. The lowest BCUT2D eigenvalue weighted by Gasteiger charge is -2.36. The number of likely N-dealkylation sites (tertiary alicyclic amines) is 1. The highest BCUT2D eigenvalue weighted by Crippen LogP contribution is 2.37. The molecule has 0 bridgehead atoms. The van der Waals surface area contributed by atoms with Crippen LogP contribution in [-0.4, -0.2) is 112 Å². The molecule has 5 aromatic heterocycles. The molecule has 1 aliphatic carbocycles. The number of fused-ring (bicyclic) bond motifs is 2. The SMILES string of the molecule is COC1CCN(c2ccn3ncc(C(=O)Nc4cn(C5CCC(CN6CCC(Cn7cc(-c8cccc9c8c(C)nn9C8CCC(=O)NC8=O)cn7)CC6)CC5)nc4C(F)F)c3n2)CC1. The molecule has 1 unspecified atom stereocenters. The summed E-state index contributed by atoms with van der Waals surface area (Å²) in [7, 11) is 1.72. The van der Waals surface area contributed by atoms with Crippen molar-refractivity contribution in [2.24, 2.45) is 11.8 Å². The Morgan fingerprint density at radius 2 is 1.69 bits per heavy atom. The van der Waals surface area contributed by atoms with Crippen molar-refractivity contribution in [1.29, 1.82) is 0 Å². The highest BCUT2D eigenvalue weighted by atomic mass is 19.3. The Bertz CT molecular complexity index is 2700. The van der Waals surface area contributed by atoms with E-state index in [-0.39, 0.29) is 35.2 Å². The van der Waals surface area contributed by atoms with Crippen LogP contribution in [0.15, 0.2) is 55.2 Å². The molecule has 3 amide bonds. The number of carbonyl (C=O) groups is 3. The van der Waals surface area contributed by atoms with Crippen molar-refractivity contribution in [2.75, 3.05) is 50.1 Å². The third kappa shape index (κ3) is 8.74. The fourth-order valence-electron chi connectivity index (χ4n) is 10.5. The Labute approximate surface area is 374 Å². The fraction of sp³-hybridized carbons (Fsp3) is 0.522. The van der Waals surface area contributed by atoms with Crippen molar-refractivity contribution >= 4 is 45.8 Å². The van der Waals surface area contributed by atoms with E-state index in [2.05, 4.69) is 42.9 Å². The van der Waals surface area contributed by atoms with Gasteiger partial charge in [-0.05, 0) is 107 Å². The minimum absolute atomic E-state index is 0.00460. The van der Waals surface area contributed by atoms with Gasteiger partial charge in [0.05, 0.1) is 41.4 Å². The van der Waals surface area contributed by atoms with Crippen LogP contribution in [0.2, 0.25) is 0 Å². The maximum Gasteiger partial charge on any atom is 0.284 e. The highest BCUT2D eigenvalue weighted by molar-refractivity contribution is 6.08. The van der Waals surface area contributed by atoms with E-state index in [0.29, 0.717) is 30.3 Å². The van der Waals surface area contributed by atoms with Crippen LogP contribution in [0.3, 0.4) is 0 Å². The number of ether oxygens (including phenoxy) is 1. The molecule has 3 saturated heterocycles. The first-order valence-electron chi connectivity index (χ1n) is 23.0. The van der Waals surface area contributed by atoms with E-state index in [4.69, 9.17) is 19.9 Å². The van der Waals surface area contributed by atoms with Crippen LogP contribution in [0, 0.1) is 18.8 Å². The van der Waals surface area contributed by atoms with Gasteiger partial charge in [-0.15, -0.1) is 0 Å². The second kappa shape index (κ2) is 18.1. The molecule has 342 valence electrons. The van der Waals surface area contributed by atoms with Crippen LogP contribution in [0.25, 0.3) is 27.7 Å². The van der Waals surface area contributed by atoms with Crippen molar-refractivity contribution in [3.63, 3.8) is 0 Å². The van der Waals surface area contributed by atoms with E-state index < -0.39 is 24.1 Å². The number of hydrogen-bond acceptors (Lipinski definition) is 11. The maximum absolute atomic E-state index is 14.3. The summed E-state index contributed by atoms with van der Waals surface area (Å²) in [6.45, 7) is 7.40. The average Bonchev–Trinajstić information content (AvgIpc) is 4.13. The molecule has 4 aliphatic rings. The number of nitrogens with one attached hydrogen (secondary N) is 2. The number of aryl methyl sites for hydroxylation is 1. The molecule has 0 radical (unpaired) electrons. The lowest BCUT2D eigenvalue weighted by molar-refractivity contribution is -0.135. The highest BCUT2D eigenvalue weighted by Gasteiger charge is 2.32. The number of rotatable bonds is 12. The van der Waals surface area contributed by atoms with Crippen molar-refractivity contribution in [3.05, 3.63) is 72.2 Å². The number of piperidine rings is 3. The van der Waals surface area contributed by atoms with Crippen molar-refractivity contribution in [2.45, 2.75) is 102 Å². The number of carbonyl (C=O) groups excluding carboxylic acids is 3. The van der Waals surface area contributed by atoms with Gasteiger partial charge in [-0.2, -0.15) is 20.4 Å². The zero-order valence-electron chi connectivity index (χ0n) is 36.8. The summed E-state index contributed by atoms with van der Waals surface area (Å²) >= 11 is 0. The number of halogens is 2. The molecule has 17 nitrogen and oxygen atoms in total. The molecule has 6 aromatic rings. The third-order valence-corrected chi connectivity index (χ3v) is 14.1. The maximum atomic E-state index is 14.3. The van der Waals surface area contributed by atoms with E-state index in [0.717, 1.165) is 124 Å². The van der Waals surface area contributed by atoms with E-state index in [1.807, 2.05) is 36.0 Å². The number of aromatic nitrogens is 9. The Morgan fingerprint density at radius 3 is 2.45 bits per heavy atom.